The Hall–Kier alpha value is -3.47. The van der Waals surface area contributed by atoms with E-state index in [0.717, 1.165) is 28.7 Å². The molecule has 1 aliphatic rings. The van der Waals surface area contributed by atoms with Gasteiger partial charge in [-0.25, -0.2) is 4.79 Å². The fourth-order valence-electron chi connectivity index (χ4n) is 3.54. The summed E-state index contributed by atoms with van der Waals surface area (Å²) in [7, 11) is 0. The Morgan fingerprint density at radius 1 is 1.10 bits per heavy atom. The molecule has 150 valence electrons. The number of ether oxygens (including phenoxy) is 1. The lowest BCUT2D eigenvalue weighted by Crippen LogP contribution is -2.09. The summed E-state index contributed by atoms with van der Waals surface area (Å²) >= 11 is 0. The maximum Gasteiger partial charge on any atom is 0.341 e. The predicted octanol–water partition coefficient (Wildman–Crippen LogP) is 5.19. The van der Waals surface area contributed by atoms with Crippen molar-refractivity contribution < 1.29 is 24.9 Å². The minimum absolute atomic E-state index is 0.0639. The molecular weight excluding hydrogens is 368 g/mol. The highest BCUT2D eigenvalue weighted by Crippen LogP contribution is 2.39. The zero-order chi connectivity index (χ0) is 20.8. The molecule has 2 aromatic carbocycles. The van der Waals surface area contributed by atoms with Gasteiger partial charge in [0.25, 0.3) is 0 Å². The number of aliphatic hydroxyl groups is 1. The number of aliphatic carboxylic acids is 1. The first-order valence-corrected chi connectivity index (χ1v) is 9.52. The maximum atomic E-state index is 10.8. The molecule has 1 unspecified atom stereocenters. The number of carbonyl (C=O) groups is 1. The molecule has 0 heterocycles. The molecule has 0 radical (unpaired) electrons. The molecule has 5 nitrogen and oxygen atoms in total. The topological polar surface area (TPSA) is 87.0 Å². The highest BCUT2D eigenvalue weighted by Gasteiger charge is 2.20. The van der Waals surface area contributed by atoms with Crippen molar-refractivity contribution in [3.8, 4) is 11.5 Å². The van der Waals surface area contributed by atoms with E-state index in [-0.39, 0.29) is 17.4 Å². The molecule has 2 aromatic rings. The minimum atomic E-state index is -1.02. The second kappa shape index (κ2) is 9.15. The van der Waals surface area contributed by atoms with Crippen molar-refractivity contribution >= 4 is 17.1 Å². The first kappa shape index (κ1) is 20.3. The maximum absolute atomic E-state index is 10.8. The summed E-state index contributed by atoms with van der Waals surface area (Å²) < 4.78 is 5.35. The van der Waals surface area contributed by atoms with Gasteiger partial charge in [0.1, 0.15) is 17.3 Å². The van der Waals surface area contributed by atoms with Crippen molar-refractivity contribution in [2.75, 3.05) is 6.61 Å². The van der Waals surface area contributed by atoms with Crippen molar-refractivity contribution in [1.82, 2.24) is 0 Å². The lowest BCUT2D eigenvalue weighted by molar-refractivity contribution is -0.139. The molecule has 0 fully saturated rings. The van der Waals surface area contributed by atoms with Crippen molar-refractivity contribution in [2.24, 2.45) is 5.92 Å². The minimum Gasteiger partial charge on any atom is -0.508 e. The average molecular weight is 392 g/mol. The lowest BCUT2D eigenvalue weighted by atomic mass is 9.81. The monoisotopic (exact) mass is 392 g/mol. The number of hydrogen-bond donors (Lipinski definition) is 3. The van der Waals surface area contributed by atoms with Gasteiger partial charge in [0, 0.05) is 5.92 Å². The van der Waals surface area contributed by atoms with Gasteiger partial charge in [-0.15, -0.1) is 0 Å². The molecule has 0 saturated heterocycles. The fourth-order valence-corrected chi connectivity index (χ4v) is 3.54. The standard InChI is InChI=1S/C24H24O5/c1-2-22(18-4-3-5-21(14-18)29-15-23(27)28)24(16-6-10-19(25)11-7-16)17-8-12-20(26)13-9-17/h3-8,10-14,17,25-26H,2,9,15H2,1H3,(H,27,28)/b24-22+. The van der Waals surface area contributed by atoms with Crippen LogP contribution in [-0.4, -0.2) is 27.9 Å². The van der Waals surface area contributed by atoms with E-state index in [1.807, 2.05) is 36.4 Å². The van der Waals surface area contributed by atoms with E-state index < -0.39 is 12.6 Å². The summed E-state index contributed by atoms with van der Waals surface area (Å²) in [6, 6.07) is 14.5. The van der Waals surface area contributed by atoms with E-state index in [0.29, 0.717) is 12.2 Å². The summed E-state index contributed by atoms with van der Waals surface area (Å²) in [4.78, 5) is 10.8. The number of carboxylic acids is 1. The van der Waals surface area contributed by atoms with E-state index >= 15 is 0 Å². The number of benzene rings is 2. The first-order valence-electron chi connectivity index (χ1n) is 9.52. The Bertz CT molecular complexity index is 967. The van der Waals surface area contributed by atoms with Gasteiger partial charge >= 0.3 is 5.97 Å². The molecule has 0 spiro atoms. The molecule has 3 rings (SSSR count). The van der Waals surface area contributed by atoms with Crippen LogP contribution in [0.3, 0.4) is 0 Å². The summed E-state index contributed by atoms with van der Waals surface area (Å²) in [6.45, 7) is 1.68. The Morgan fingerprint density at radius 2 is 1.86 bits per heavy atom. The molecule has 0 bridgehead atoms. The third-order valence-electron chi connectivity index (χ3n) is 4.85. The van der Waals surface area contributed by atoms with Crippen molar-refractivity contribution in [2.45, 2.75) is 19.8 Å². The van der Waals surface area contributed by atoms with Crippen LogP contribution in [0.5, 0.6) is 11.5 Å². The van der Waals surface area contributed by atoms with Gasteiger partial charge in [0.2, 0.25) is 0 Å². The summed E-state index contributed by atoms with van der Waals surface area (Å²) in [5.41, 5.74) is 4.13. The van der Waals surface area contributed by atoms with Crippen LogP contribution in [0, 0.1) is 5.92 Å². The third kappa shape index (κ3) is 5.08. The molecule has 29 heavy (non-hydrogen) atoms. The van der Waals surface area contributed by atoms with Gasteiger partial charge in [0.05, 0.1) is 0 Å². The van der Waals surface area contributed by atoms with E-state index in [1.165, 1.54) is 0 Å². The smallest absolute Gasteiger partial charge is 0.341 e. The molecule has 1 atom stereocenters. The number of aromatic hydroxyl groups is 1. The van der Waals surface area contributed by atoms with Gasteiger partial charge in [0.15, 0.2) is 6.61 Å². The van der Waals surface area contributed by atoms with Crippen molar-refractivity contribution in [3.05, 3.63) is 83.6 Å². The van der Waals surface area contributed by atoms with Gasteiger partial charge in [-0.2, -0.15) is 0 Å². The van der Waals surface area contributed by atoms with Crippen LogP contribution in [-0.2, 0) is 4.79 Å². The highest BCUT2D eigenvalue weighted by molar-refractivity contribution is 5.93. The Labute approximate surface area is 169 Å². The highest BCUT2D eigenvalue weighted by atomic mass is 16.5. The summed E-state index contributed by atoms with van der Waals surface area (Å²) in [6.07, 6.45) is 6.90. The quantitative estimate of drug-likeness (QED) is 0.564. The number of allylic oxidation sites excluding steroid dienone is 5. The van der Waals surface area contributed by atoms with Crippen LogP contribution in [0.2, 0.25) is 0 Å². The second-order valence-electron chi connectivity index (χ2n) is 6.83. The Balaban J connectivity index is 2.09. The molecule has 1 aliphatic carbocycles. The fraction of sp³-hybridized carbons (Fsp3) is 0.208. The van der Waals surface area contributed by atoms with Crippen LogP contribution in [0.1, 0.15) is 30.9 Å². The zero-order valence-corrected chi connectivity index (χ0v) is 16.2. The summed E-state index contributed by atoms with van der Waals surface area (Å²) in [5.74, 6) is -0.00244. The molecule has 0 aliphatic heterocycles. The van der Waals surface area contributed by atoms with E-state index in [1.54, 1.807) is 30.4 Å². The number of aliphatic hydroxyl groups excluding tert-OH is 1. The molecule has 3 N–H and O–H groups in total. The van der Waals surface area contributed by atoms with Crippen molar-refractivity contribution in [3.63, 3.8) is 0 Å². The van der Waals surface area contributed by atoms with E-state index in [9.17, 15) is 15.0 Å². The SMILES string of the molecule is CC/C(=C(/c1ccc(O)cc1)C1C=CC(O)=CC1)c1cccc(OCC(=O)O)c1. The van der Waals surface area contributed by atoms with Gasteiger partial charge in [-0.1, -0.05) is 37.3 Å². The van der Waals surface area contributed by atoms with Gasteiger partial charge in [-0.3, -0.25) is 0 Å². The van der Waals surface area contributed by atoms with Gasteiger partial charge < -0.3 is 20.1 Å². The largest absolute Gasteiger partial charge is 0.508 e. The first-order chi connectivity index (χ1) is 14.0. The van der Waals surface area contributed by atoms with Crippen LogP contribution >= 0.6 is 0 Å². The second-order valence-corrected chi connectivity index (χ2v) is 6.83. The Kier molecular flexibility index (Phi) is 6.39. The summed E-state index contributed by atoms with van der Waals surface area (Å²) in [5, 5.41) is 28.3. The van der Waals surface area contributed by atoms with E-state index in [4.69, 9.17) is 9.84 Å². The molecule has 0 amide bonds. The van der Waals surface area contributed by atoms with Crippen LogP contribution in [0.25, 0.3) is 11.1 Å². The molecular formula is C24H24O5. The Morgan fingerprint density at radius 3 is 2.48 bits per heavy atom. The normalized spacial score (nSPS) is 16.7. The van der Waals surface area contributed by atoms with Gasteiger partial charge in [-0.05, 0) is 71.5 Å². The average Bonchev–Trinajstić information content (AvgIpc) is 2.72. The number of phenolic OH excluding ortho intramolecular Hbond substituents is 1. The molecule has 0 saturated carbocycles. The van der Waals surface area contributed by atoms with Crippen LogP contribution < -0.4 is 4.74 Å². The van der Waals surface area contributed by atoms with E-state index in [2.05, 4.69) is 6.92 Å². The van der Waals surface area contributed by atoms with Crippen molar-refractivity contribution in [1.29, 1.82) is 0 Å². The lowest BCUT2D eigenvalue weighted by Gasteiger charge is -2.23. The molecule has 5 heteroatoms. The zero-order valence-electron chi connectivity index (χ0n) is 16.2. The number of hydrogen-bond acceptors (Lipinski definition) is 4. The van der Waals surface area contributed by atoms with Crippen LogP contribution in [0.15, 0.2) is 72.5 Å². The number of phenols is 1. The molecule has 0 aromatic heterocycles. The predicted molar refractivity (Wildman–Crippen MR) is 113 cm³/mol. The number of rotatable bonds is 7. The third-order valence-corrected chi connectivity index (χ3v) is 4.85. The number of carboxylic acid groups (broad SMARTS) is 1. The van der Waals surface area contributed by atoms with Crippen LogP contribution in [0.4, 0.5) is 0 Å².